The highest BCUT2D eigenvalue weighted by molar-refractivity contribution is 7.80. The number of hydrogen-bond donors (Lipinski definition) is 2. The molecule has 0 saturated carbocycles. The number of hydrogen-bond acceptors (Lipinski definition) is 3. The first-order valence-electron chi connectivity index (χ1n) is 8.80. The van der Waals surface area contributed by atoms with Crippen LogP contribution in [0, 0.1) is 0 Å². The van der Waals surface area contributed by atoms with E-state index in [9.17, 15) is 13.2 Å². The fraction of sp³-hybridized carbons (Fsp3) is 0.350. The summed E-state index contributed by atoms with van der Waals surface area (Å²) in [6.07, 6.45) is -3.95. The maximum absolute atomic E-state index is 13.1. The molecule has 1 atom stereocenters. The van der Waals surface area contributed by atoms with Gasteiger partial charge in [-0.2, -0.15) is 13.2 Å². The van der Waals surface area contributed by atoms with Gasteiger partial charge in [-0.3, -0.25) is 0 Å². The molecule has 2 aromatic rings. The largest absolute Gasteiger partial charge is 0.497 e. The van der Waals surface area contributed by atoms with Crippen molar-refractivity contribution < 1.29 is 22.6 Å². The lowest BCUT2D eigenvalue weighted by Crippen LogP contribution is -2.42. The summed E-state index contributed by atoms with van der Waals surface area (Å²) in [6.45, 7) is 3.92. The van der Waals surface area contributed by atoms with Crippen LogP contribution in [0.4, 0.5) is 18.9 Å². The summed E-state index contributed by atoms with van der Waals surface area (Å²) < 4.78 is 50.5. The second kappa shape index (κ2) is 7.91. The number of fused-ring (bicyclic) bond motifs is 1. The molecule has 156 valence electrons. The summed E-state index contributed by atoms with van der Waals surface area (Å²) in [6, 6.07) is 8.84. The molecule has 0 radical (unpaired) electrons. The Morgan fingerprint density at radius 3 is 2.62 bits per heavy atom. The normalized spacial score (nSPS) is 17.7. The molecule has 0 spiro atoms. The molecule has 3 rings (SSSR count). The van der Waals surface area contributed by atoms with E-state index in [1.807, 2.05) is 26.0 Å². The molecule has 29 heavy (non-hydrogen) atoms. The Morgan fingerprint density at radius 2 is 1.97 bits per heavy atom. The summed E-state index contributed by atoms with van der Waals surface area (Å²) in [5.41, 5.74) is -0.316. The molecule has 2 N–H and O–H groups in total. The Labute approximate surface area is 177 Å². The van der Waals surface area contributed by atoms with E-state index in [0.717, 1.165) is 11.6 Å². The second-order valence-electron chi connectivity index (χ2n) is 7.31. The zero-order valence-corrected chi connectivity index (χ0v) is 17.6. The van der Waals surface area contributed by atoms with Crippen LogP contribution in [0.5, 0.6) is 11.5 Å². The molecule has 1 unspecified atom stereocenters. The van der Waals surface area contributed by atoms with Gasteiger partial charge in [0.15, 0.2) is 5.11 Å². The molecule has 0 aliphatic carbocycles. The molecule has 0 aromatic heterocycles. The Morgan fingerprint density at radius 1 is 1.24 bits per heavy atom. The van der Waals surface area contributed by atoms with Crippen molar-refractivity contribution in [3.63, 3.8) is 0 Å². The van der Waals surface area contributed by atoms with Gasteiger partial charge >= 0.3 is 6.18 Å². The van der Waals surface area contributed by atoms with Crippen molar-refractivity contribution in [3.8, 4) is 11.5 Å². The third-order valence-electron chi connectivity index (χ3n) is 4.51. The third kappa shape index (κ3) is 5.05. The van der Waals surface area contributed by atoms with Crippen LogP contribution in [0.15, 0.2) is 36.4 Å². The number of rotatable bonds is 3. The van der Waals surface area contributed by atoms with Gasteiger partial charge in [0.1, 0.15) is 17.1 Å². The van der Waals surface area contributed by atoms with Crippen LogP contribution in [-0.2, 0) is 6.18 Å². The molecule has 1 heterocycles. The lowest BCUT2D eigenvalue weighted by molar-refractivity contribution is -0.137. The maximum Gasteiger partial charge on any atom is 0.417 e. The number of methoxy groups -OCH3 is 1. The molecule has 2 aromatic carbocycles. The van der Waals surface area contributed by atoms with E-state index in [2.05, 4.69) is 10.6 Å². The first-order valence-corrected chi connectivity index (χ1v) is 9.58. The molecule has 9 heteroatoms. The lowest BCUT2D eigenvalue weighted by atomic mass is 9.89. The highest BCUT2D eigenvalue weighted by Gasteiger charge is 2.35. The van der Waals surface area contributed by atoms with Gasteiger partial charge in [-0.05, 0) is 62.5 Å². The topological polar surface area (TPSA) is 42.5 Å². The van der Waals surface area contributed by atoms with Gasteiger partial charge in [-0.15, -0.1) is 0 Å². The van der Waals surface area contributed by atoms with Crippen LogP contribution < -0.4 is 20.1 Å². The van der Waals surface area contributed by atoms with Gasteiger partial charge in [-0.1, -0.05) is 11.6 Å². The summed E-state index contributed by atoms with van der Waals surface area (Å²) in [4.78, 5) is 0. The van der Waals surface area contributed by atoms with Gasteiger partial charge in [0.05, 0.1) is 23.7 Å². The van der Waals surface area contributed by atoms with Gasteiger partial charge in [0.25, 0.3) is 0 Å². The van der Waals surface area contributed by atoms with Crippen LogP contribution in [-0.4, -0.2) is 17.8 Å². The maximum atomic E-state index is 13.1. The number of anilines is 1. The van der Waals surface area contributed by atoms with Gasteiger partial charge in [0, 0.05) is 17.7 Å². The molecule has 1 aliphatic rings. The molecule has 4 nitrogen and oxygen atoms in total. The fourth-order valence-corrected chi connectivity index (χ4v) is 3.72. The van der Waals surface area contributed by atoms with Crippen LogP contribution in [0.2, 0.25) is 5.02 Å². The number of benzene rings is 2. The number of thiocarbonyl (C=S) groups is 1. The standard InChI is InChI=1S/C20H20ClF3N2O2S/c1-19(2)10-16(13-9-12(27-3)5-7-17(13)28-19)26-18(29)25-11-4-6-15(21)14(8-11)20(22,23)24/h4-9,16H,10H2,1-3H3,(H2,25,26,29). The van der Waals surface area contributed by atoms with E-state index >= 15 is 0 Å². The number of nitrogens with one attached hydrogen (secondary N) is 2. The molecule has 1 aliphatic heterocycles. The van der Waals surface area contributed by atoms with Gasteiger partial charge in [-0.25, -0.2) is 0 Å². The Bertz CT molecular complexity index is 934. The van der Waals surface area contributed by atoms with E-state index in [1.165, 1.54) is 12.1 Å². The SMILES string of the molecule is COc1ccc2c(c1)C(NC(=S)Nc1ccc(Cl)c(C(F)(F)F)c1)CC(C)(C)O2. The quantitative estimate of drug-likeness (QED) is 0.572. The third-order valence-corrected chi connectivity index (χ3v) is 5.06. The van der Waals surface area contributed by atoms with Crippen molar-refractivity contribution in [1.29, 1.82) is 0 Å². The Balaban J connectivity index is 1.81. The van der Waals surface area contributed by atoms with Crippen molar-refractivity contribution in [2.24, 2.45) is 0 Å². The first-order chi connectivity index (χ1) is 13.5. The van der Waals surface area contributed by atoms with E-state index in [1.54, 1.807) is 13.2 Å². The van der Waals surface area contributed by atoms with Gasteiger partial charge in [0.2, 0.25) is 0 Å². The van der Waals surface area contributed by atoms with Crippen molar-refractivity contribution >= 4 is 34.6 Å². The Kier molecular flexibility index (Phi) is 5.87. The zero-order valence-electron chi connectivity index (χ0n) is 16.0. The average molecular weight is 445 g/mol. The van der Waals surface area contributed by atoms with E-state index in [-0.39, 0.29) is 21.9 Å². The summed E-state index contributed by atoms with van der Waals surface area (Å²) in [7, 11) is 1.57. The number of alkyl halides is 3. The molecular formula is C20H20ClF3N2O2S. The van der Waals surface area contributed by atoms with E-state index in [0.29, 0.717) is 17.9 Å². The number of ether oxygens (including phenoxy) is 2. The first kappa shape index (κ1) is 21.5. The smallest absolute Gasteiger partial charge is 0.417 e. The predicted octanol–water partition coefficient (Wildman–Crippen LogP) is 5.96. The van der Waals surface area contributed by atoms with Crippen LogP contribution in [0.3, 0.4) is 0 Å². The molecule has 0 bridgehead atoms. The minimum atomic E-state index is -4.55. The summed E-state index contributed by atoms with van der Waals surface area (Å²) in [5, 5.41) is 5.80. The fourth-order valence-electron chi connectivity index (χ4n) is 3.23. The summed E-state index contributed by atoms with van der Waals surface area (Å²) >= 11 is 11.0. The van der Waals surface area contributed by atoms with Crippen LogP contribution in [0.1, 0.15) is 37.4 Å². The second-order valence-corrected chi connectivity index (χ2v) is 8.13. The van der Waals surface area contributed by atoms with E-state index < -0.39 is 17.3 Å². The highest BCUT2D eigenvalue weighted by Crippen LogP contribution is 2.41. The van der Waals surface area contributed by atoms with E-state index in [4.69, 9.17) is 33.3 Å². The summed E-state index contributed by atoms with van der Waals surface area (Å²) in [5.74, 6) is 1.37. The highest BCUT2D eigenvalue weighted by atomic mass is 35.5. The molecule has 0 amide bonds. The van der Waals surface area contributed by atoms with Crippen LogP contribution >= 0.6 is 23.8 Å². The molecule has 0 fully saturated rings. The lowest BCUT2D eigenvalue weighted by Gasteiger charge is -2.38. The minimum Gasteiger partial charge on any atom is -0.497 e. The predicted molar refractivity (Wildman–Crippen MR) is 111 cm³/mol. The average Bonchev–Trinajstić information content (AvgIpc) is 2.61. The van der Waals surface area contributed by atoms with Crippen molar-refractivity contribution in [2.75, 3.05) is 12.4 Å². The zero-order chi connectivity index (χ0) is 21.4. The van der Waals surface area contributed by atoms with Crippen molar-refractivity contribution in [1.82, 2.24) is 5.32 Å². The molecular weight excluding hydrogens is 425 g/mol. The number of halogens is 4. The Hall–Kier alpha value is -2.19. The monoisotopic (exact) mass is 444 g/mol. The molecule has 0 saturated heterocycles. The van der Waals surface area contributed by atoms with Crippen molar-refractivity contribution in [2.45, 2.75) is 38.1 Å². The van der Waals surface area contributed by atoms with Crippen molar-refractivity contribution in [3.05, 3.63) is 52.5 Å². The van der Waals surface area contributed by atoms with Gasteiger partial charge < -0.3 is 20.1 Å². The van der Waals surface area contributed by atoms with Crippen LogP contribution in [0.25, 0.3) is 0 Å². The minimum absolute atomic E-state index is 0.191.